The average molecular weight is 286 g/mol. The van der Waals surface area contributed by atoms with Gasteiger partial charge in [0.2, 0.25) is 5.91 Å². The largest absolute Gasteiger partial charge is 0.382 e. The Morgan fingerprint density at radius 3 is 2.60 bits per heavy atom. The van der Waals surface area contributed by atoms with Gasteiger partial charge >= 0.3 is 0 Å². The molecule has 0 aromatic heterocycles. The van der Waals surface area contributed by atoms with Gasteiger partial charge in [-0.05, 0) is 19.3 Å². The Morgan fingerprint density at radius 1 is 1.35 bits per heavy atom. The van der Waals surface area contributed by atoms with Crippen molar-refractivity contribution in [3.05, 3.63) is 0 Å². The molecule has 0 saturated carbocycles. The van der Waals surface area contributed by atoms with Crippen molar-refractivity contribution in [2.45, 2.75) is 33.1 Å². The third-order valence-electron chi connectivity index (χ3n) is 4.56. The summed E-state index contributed by atoms with van der Waals surface area (Å²) in [6.07, 6.45) is 2.64. The number of rotatable bonds is 9. The molecular formula is C15H30N2O3. The zero-order chi connectivity index (χ0) is 15.0. The van der Waals surface area contributed by atoms with Gasteiger partial charge in [0, 0.05) is 32.7 Å². The molecule has 1 aliphatic heterocycles. The van der Waals surface area contributed by atoms with Crippen LogP contribution in [0.4, 0.5) is 0 Å². The van der Waals surface area contributed by atoms with Gasteiger partial charge in [0.15, 0.2) is 0 Å². The zero-order valence-corrected chi connectivity index (χ0v) is 13.2. The van der Waals surface area contributed by atoms with E-state index in [2.05, 4.69) is 13.8 Å². The highest BCUT2D eigenvalue weighted by atomic mass is 16.5. The number of hydrogen-bond acceptors (Lipinski definition) is 4. The normalized spacial score (nSPS) is 19.6. The fourth-order valence-electron chi connectivity index (χ4n) is 2.81. The van der Waals surface area contributed by atoms with Gasteiger partial charge in [0.25, 0.3) is 0 Å². The SMILES string of the molecule is CCC(CC)(CN)C(=O)N1CCC(COCCOC)C1. The Hall–Kier alpha value is -0.650. The second kappa shape index (κ2) is 8.60. The van der Waals surface area contributed by atoms with E-state index in [9.17, 15) is 4.79 Å². The summed E-state index contributed by atoms with van der Waals surface area (Å²) in [5.74, 6) is 0.671. The van der Waals surface area contributed by atoms with Crippen LogP contribution < -0.4 is 5.73 Å². The molecule has 118 valence electrons. The molecule has 0 spiro atoms. The summed E-state index contributed by atoms with van der Waals surface area (Å²) in [5.41, 5.74) is 5.49. The quantitative estimate of drug-likeness (QED) is 0.648. The van der Waals surface area contributed by atoms with Gasteiger partial charge in [0.1, 0.15) is 0 Å². The van der Waals surface area contributed by atoms with Gasteiger partial charge in [-0.3, -0.25) is 4.79 Å². The van der Waals surface area contributed by atoms with E-state index in [-0.39, 0.29) is 11.3 Å². The fraction of sp³-hybridized carbons (Fsp3) is 0.933. The maximum Gasteiger partial charge on any atom is 0.230 e. The Bertz CT molecular complexity index is 285. The smallest absolute Gasteiger partial charge is 0.230 e. The Labute approximate surface area is 122 Å². The molecule has 0 aromatic rings. The van der Waals surface area contributed by atoms with Gasteiger partial charge in [-0.1, -0.05) is 13.8 Å². The summed E-state index contributed by atoms with van der Waals surface area (Å²) >= 11 is 0. The third-order valence-corrected chi connectivity index (χ3v) is 4.56. The Morgan fingerprint density at radius 2 is 2.05 bits per heavy atom. The maximum atomic E-state index is 12.7. The Balaban J connectivity index is 2.44. The second-order valence-electron chi connectivity index (χ2n) is 5.67. The van der Waals surface area contributed by atoms with Crippen molar-refractivity contribution in [1.29, 1.82) is 0 Å². The first-order chi connectivity index (χ1) is 9.63. The van der Waals surface area contributed by atoms with Crippen molar-refractivity contribution < 1.29 is 14.3 Å². The molecule has 0 radical (unpaired) electrons. The van der Waals surface area contributed by atoms with Crippen LogP contribution in [0.15, 0.2) is 0 Å². The van der Waals surface area contributed by atoms with Crippen LogP contribution in [0.25, 0.3) is 0 Å². The summed E-state index contributed by atoms with van der Waals surface area (Å²) in [6.45, 7) is 8.12. The number of amides is 1. The van der Waals surface area contributed by atoms with Crippen LogP contribution in [0.1, 0.15) is 33.1 Å². The third kappa shape index (κ3) is 4.17. The Kier molecular flexibility index (Phi) is 7.48. The molecule has 1 saturated heterocycles. The molecule has 1 amide bonds. The van der Waals surface area contributed by atoms with Crippen molar-refractivity contribution in [3.63, 3.8) is 0 Å². The standard InChI is InChI=1S/C15H30N2O3/c1-4-15(5-2,12-16)14(18)17-7-6-13(10-17)11-20-9-8-19-3/h13H,4-12,16H2,1-3H3. The first-order valence-corrected chi connectivity index (χ1v) is 7.69. The second-order valence-corrected chi connectivity index (χ2v) is 5.67. The number of carbonyl (C=O) groups is 1. The molecular weight excluding hydrogens is 256 g/mol. The van der Waals surface area contributed by atoms with Crippen molar-refractivity contribution >= 4 is 5.91 Å². The van der Waals surface area contributed by atoms with E-state index in [0.717, 1.165) is 32.4 Å². The van der Waals surface area contributed by atoms with Crippen molar-refractivity contribution in [2.75, 3.05) is 46.6 Å². The van der Waals surface area contributed by atoms with Crippen LogP contribution in [-0.4, -0.2) is 57.4 Å². The van der Waals surface area contributed by atoms with Crippen LogP contribution in [0.3, 0.4) is 0 Å². The van der Waals surface area contributed by atoms with Crippen LogP contribution in [0.5, 0.6) is 0 Å². The van der Waals surface area contributed by atoms with Crippen molar-refractivity contribution in [2.24, 2.45) is 17.1 Å². The number of nitrogens with two attached hydrogens (primary N) is 1. The molecule has 1 unspecified atom stereocenters. The molecule has 0 bridgehead atoms. The first-order valence-electron chi connectivity index (χ1n) is 7.69. The molecule has 20 heavy (non-hydrogen) atoms. The lowest BCUT2D eigenvalue weighted by molar-refractivity contribution is -0.141. The van der Waals surface area contributed by atoms with E-state index in [4.69, 9.17) is 15.2 Å². The maximum absolute atomic E-state index is 12.7. The molecule has 1 aliphatic rings. The molecule has 1 fully saturated rings. The highest BCUT2D eigenvalue weighted by molar-refractivity contribution is 5.83. The van der Waals surface area contributed by atoms with Crippen LogP contribution in [0, 0.1) is 11.3 Å². The number of likely N-dealkylation sites (tertiary alicyclic amines) is 1. The monoisotopic (exact) mass is 286 g/mol. The molecule has 2 N–H and O–H groups in total. The lowest BCUT2D eigenvalue weighted by Crippen LogP contribution is -2.46. The van der Waals surface area contributed by atoms with Crippen LogP contribution in [-0.2, 0) is 14.3 Å². The lowest BCUT2D eigenvalue weighted by Gasteiger charge is -2.33. The molecule has 0 aliphatic carbocycles. The average Bonchev–Trinajstić information content (AvgIpc) is 2.94. The van der Waals surface area contributed by atoms with E-state index >= 15 is 0 Å². The van der Waals surface area contributed by atoms with E-state index in [0.29, 0.717) is 32.3 Å². The van der Waals surface area contributed by atoms with Gasteiger partial charge in [-0.25, -0.2) is 0 Å². The topological polar surface area (TPSA) is 64.8 Å². The minimum Gasteiger partial charge on any atom is -0.382 e. The predicted octanol–water partition coefficient (Wildman–Crippen LogP) is 1.26. The van der Waals surface area contributed by atoms with Gasteiger partial charge in [-0.15, -0.1) is 0 Å². The summed E-state index contributed by atoms with van der Waals surface area (Å²) in [7, 11) is 1.67. The summed E-state index contributed by atoms with van der Waals surface area (Å²) in [5, 5.41) is 0. The van der Waals surface area contributed by atoms with E-state index in [1.54, 1.807) is 7.11 Å². The van der Waals surface area contributed by atoms with Crippen LogP contribution >= 0.6 is 0 Å². The molecule has 1 rings (SSSR count). The van der Waals surface area contributed by atoms with Crippen molar-refractivity contribution in [3.8, 4) is 0 Å². The molecule has 5 heteroatoms. The van der Waals surface area contributed by atoms with Crippen molar-refractivity contribution in [1.82, 2.24) is 4.90 Å². The minimum atomic E-state index is -0.369. The number of methoxy groups -OCH3 is 1. The summed E-state index contributed by atoms with van der Waals surface area (Å²) < 4.78 is 10.5. The number of carbonyl (C=O) groups excluding carboxylic acids is 1. The van der Waals surface area contributed by atoms with E-state index in [1.165, 1.54) is 0 Å². The highest BCUT2D eigenvalue weighted by Gasteiger charge is 2.39. The number of hydrogen-bond donors (Lipinski definition) is 1. The fourth-order valence-corrected chi connectivity index (χ4v) is 2.81. The predicted molar refractivity (Wildman–Crippen MR) is 79.5 cm³/mol. The number of ether oxygens (including phenoxy) is 2. The highest BCUT2D eigenvalue weighted by Crippen LogP contribution is 2.30. The zero-order valence-electron chi connectivity index (χ0n) is 13.2. The van der Waals surface area contributed by atoms with E-state index in [1.807, 2.05) is 4.90 Å². The number of nitrogens with zero attached hydrogens (tertiary/aromatic N) is 1. The molecule has 0 aromatic carbocycles. The van der Waals surface area contributed by atoms with Gasteiger partial charge in [0.05, 0.1) is 25.2 Å². The molecule has 1 atom stereocenters. The lowest BCUT2D eigenvalue weighted by atomic mass is 9.81. The van der Waals surface area contributed by atoms with Gasteiger partial charge in [-0.2, -0.15) is 0 Å². The van der Waals surface area contributed by atoms with Crippen LogP contribution in [0.2, 0.25) is 0 Å². The molecule has 5 nitrogen and oxygen atoms in total. The first kappa shape index (κ1) is 17.4. The van der Waals surface area contributed by atoms with E-state index < -0.39 is 0 Å². The van der Waals surface area contributed by atoms with Gasteiger partial charge < -0.3 is 20.1 Å². The molecule has 1 heterocycles. The summed E-state index contributed by atoms with van der Waals surface area (Å²) in [6, 6.07) is 0. The minimum absolute atomic E-state index is 0.226. The summed E-state index contributed by atoms with van der Waals surface area (Å²) in [4.78, 5) is 14.6.